The Kier molecular flexibility index (Phi) is 4.01. The first kappa shape index (κ1) is 13.6. The van der Waals surface area contributed by atoms with Crippen molar-refractivity contribution >= 4 is 5.91 Å². The molecule has 0 spiro atoms. The molecule has 2 fully saturated rings. The van der Waals surface area contributed by atoms with Gasteiger partial charge in [-0.3, -0.25) is 9.69 Å². The molecule has 1 aliphatic heterocycles. The van der Waals surface area contributed by atoms with E-state index in [-0.39, 0.29) is 17.6 Å². The summed E-state index contributed by atoms with van der Waals surface area (Å²) in [6.45, 7) is 2.60. The molecule has 1 amide bonds. The number of nitrogens with zero attached hydrogens (tertiary/aromatic N) is 1. The molecule has 1 N–H and O–H groups in total. The van der Waals surface area contributed by atoms with Gasteiger partial charge in [0, 0.05) is 18.5 Å². The molecule has 2 aliphatic rings. The lowest BCUT2D eigenvalue weighted by atomic mass is 9.95. The van der Waals surface area contributed by atoms with Gasteiger partial charge in [0.05, 0.1) is 0 Å². The lowest BCUT2D eigenvalue weighted by Gasteiger charge is -2.31. The first-order valence-electron chi connectivity index (χ1n) is 7.48. The fourth-order valence-corrected chi connectivity index (χ4v) is 2.79. The van der Waals surface area contributed by atoms with Gasteiger partial charge in [-0.2, -0.15) is 0 Å². The average molecular weight is 276 g/mol. The van der Waals surface area contributed by atoms with E-state index in [4.69, 9.17) is 0 Å². The highest BCUT2D eigenvalue weighted by atomic mass is 19.1. The van der Waals surface area contributed by atoms with Gasteiger partial charge in [-0.1, -0.05) is 12.1 Å². The maximum atomic E-state index is 13.1. The predicted molar refractivity (Wildman–Crippen MR) is 75.6 cm³/mol. The van der Waals surface area contributed by atoms with Crippen molar-refractivity contribution in [1.82, 2.24) is 10.2 Å². The molecule has 1 aromatic carbocycles. The second kappa shape index (κ2) is 5.92. The molecule has 108 valence electrons. The van der Waals surface area contributed by atoms with Crippen molar-refractivity contribution in [3.8, 4) is 0 Å². The molecule has 1 saturated heterocycles. The van der Waals surface area contributed by atoms with Gasteiger partial charge in [0.1, 0.15) is 5.82 Å². The van der Waals surface area contributed by atoms with Crippen LogP contribution in [0.5, 0.6) is 0 Å². The van der Waals surface area contributed by atoms with Crippen molar-refractivity contribution in [3.63, 3.8) is 0 Å². The summed E-state index contributed by atoms with van der Waals surface area (Å²) in [6.07, 6.45) is 4.11. The first-order valence-corrected chi connectivity index (χ1v) is 7.48. The van der Waals surface area contributed by atoms with E-state index in [0.29, 0.717) is 6.04 Å². The Hall–Kier alpha value is -1.42. The Morgan fingerprint density at radius 3 is 2.65 bits per heavy atom. The van der Waals surface area contributed by atoms with Gasteiger partial charge in [0.25, 0.3) is 0 Å². The number of benzene rings is 1. The molecule has 1 heterocycles. The Morgan fingerprint density at radius 2 is 2.00 bits per heavy atom. The van der Waals surface area contributed by atoms with Crippen molar-refractivity contribution in [1.29, 1.82) is 0 Å². The SMILES string of the molecule is O=C(NC1CC1)C1CCN(Cc2cccc(F)c2)CC1. The molecule has 0 bridgehead atoms. The molecule has 20 heavy (non-hydrogen) atoms. The molecule has 0 radical (unpaired) electrons. The third kappa shape index (κ3) is 3.57. The number of halogens is 1. The van der Waals surface area contributed by atoms with Gasteiger partial charge in [0.2, 0.25) is 5.91 Å². The Balaban J connectivity index is 1.47. The van der Waals surface area contributed by atoms with Crippen LogP contribution in [-0.4, -0.2) is 29.9 Å². The highest BCUT2D eigenvalue weighted by molar-refractivity contribution is 5.79. The van der Waals surface area contributed by atoms with E-state index >= 15 is 0 Å². The zero-order valence-corrected chi connectivity index (χ0v) is 11.6. The Labute approximate surface area is 119 Å². The smallest absolute Gasteiger partial charge is 0.223 e. The lowest BCUT2D eigenvalue weighted by Crippen LogP contribution is -2.40. The number of hydrogen-bond donors (Lipinski definition) is 1. The predicted octanol–water partition coefficient (Wildman–Crippen LogP) is 2.32. The van der Waals surface area contributed by atoms with Crippen LogP contribution in [0.4, 0.5) is 4.39 Å². The van der Waals surface area contributed by atoms with Crippen molar-refractivity contribution in [2.45, 2.75) is 38.3 Å². The molecule has 1 saturated carbocycles. The minimum Gasteiger partial charge on any atom is -0.353 e. The van der Waals surface area contributed by atoms with Gasteiger partial charge in [0.15, 0.2) is 0 Å². The number of amides is 1. The normalized spacial score (nSPS) is 20.9. The van der Waals surface area contributed by atoms with Gasteiger partial charge in [-0.25, -0.2) is 4.39 Å². The van der Waals surface area contributed by atoms with Crippen LogP contribution < -0.4 is 5.32 Å². The highest BCUT2D eigenvalue weighted by Gasteiger charge is 2.29. The molecule has 1 aromatic rings. The summed E-state index contributed by atoms with van der Waals surface area (Å²) in [7, 11) is 0. The van der Waals surface area contributed by atoms with E-state index in [9.17, 15) is 9.18 Å². The van der Waals surface area contributed by atoms with Crippen LogP contribution in [0.15, 0.2) is 24.3 Å². The number of carbonyl (C=O) groups excluding carboxylic acids is 1. The third-order valence-corrected chi connectivity index (χ3v) is 4.18. The van der Waals surface area contributed by atoms with Crippen molar-refractivity contribution in [3.05, 3.63) is 35.6 Å². The first-order chi connectivity index (χ1) is 9.70. The van der Waals surface area contributed by atoms with Crippen LogP contribution in [0.3, 0.4) is 0 Å². The minimum atomic E-state index is -0.179. The summed E-state index contributed by atoms with van der Waals surface area (Å²) < 4.78 is 13.1. The van der Waals surface area contributed by atoms with E-state index in [1.54, 1.807) is 12.1 Å². The summed E-state index contributed by atoms with van der Waals surface area (Å²) in [5.74, 6) is 0.221. The second-order valence-corrected chi connectivity index (χ2v) is 5.96. The van der Waals surface area contributed by atoms with Crippen LogP contribution in [0.25, 0.3) is 0 Å². The summed E-state index contributed by atoms with van der Waals surface area (Å²) in [4.78, 5) is 14.3. The van der Waals surface area contributed by atoms with Crippen molar-refractivity contribution < 1.29 is 9.18 Å². The van der Waals surface area contributed by atoms with Gasteiger partial charge in [-0.15, -0.1) is 0 Å². The molecular weight excluding hydrogens is 255 g/mol. The molecule has 3 rings (SSSR count). The third-order valence-electron chi connectivity index (χ3n) is 4.18. The average Bonchev–Trinajstić information content (AvgIpc) is 3.23. The van der Waals surface area contributed by atoms with Crippen molar-refractivity contribution in [2.75, 3.05) is 13.1 Å². The summed E-state index contributed by atoms with van der Waals surface area (Å²) in [5.41, 5.74) is 1.01. The summed E-state index contributed by atoms with van der Waals surface area (Å²) >= 11 is 0. The van der Waals surface area contributed by atoms with Crippen LogP contribution in [0, 0.1) is 11.7 Å². The molecule has 3 nitrogen and oxygen atoms in total. The number of hydrogen-bond acceptors (Lipinski definition) is 2. The van der Waals surface area contributed by atoms with Gasteiger partial charge < -0.3 is 5.32 Å². The molecule has 0 unspecified atom stereocenters. The molecule has 1 aliphatic carbocycles. The summed E-state index contributed by atoms with van der Waals surface area (Å²) in [6, 6.07) is 7.21. The number of carbonyl (C=O) groups is 1. The van der Waals surface area contributed by atoms with Gasteiger partial charge in [-0.05, 0) is 56.5 Å². The van der Waals surface area contributed by atoms with E-state index in [2.05, 4.69) is 10.2 Å². The van der Waals surface area contributed by atoms with Crippen LogP contribution >= 0.6 is 0 Å². The van der Waals surface area contributed by atoms with Gasteiger partial charge >= 0.3 is 0 Å². The second-order valence-electron chi connectivity index (χ2n) is 5.96. The Morgan fingerprint density at radius 1 is 1.25 bits per heavy atom. The fourth-order valence-electron chi connectivity index (χ4n) is 2.79. The van der Waals surface area contributed by atoms with E-state index < -0.39 is 0 Å². The molecule has 0 aromatic heterocycles. The Bertz CT molecular complexity index is 479. The van der Waals surface area contributed by atoms with E-state index in [0.717, 1.165) is 50.9 Å². The number of likely N-dealkylation sites (tertiary alicyclic amines) is 1. The standard InChI is InChI=1S/C16H21FN2O/c17-14-3-1-2-12(10-14)11-19-8-6-13(7-9-19)16(20)18-15-4-5-15/h1-3,10,13,15H,4-9,11H2,(H,18,20). The van der Waals surface area contributed by atoms with Crippen LogP contribution in [0.2, 0.25) is 0 Å². The largest absolute Gasteiger partial charge is 0.353 e. The zero-order valence-electron chi connectivity index (χ0n) is 11.6. The lowest BCUT2D eigenvalue weighted by molar-refractivity contribution is -0.126. The monoisotopic (exact) mass is 276 g/mol. The maximum absolute atomic E-state index is 13.1. The number of piperidine rings is 1. The highest BCUT2D eigenvalue weighted by Crippen LogP contribution is 2.23. The molecule has 4 heteroatoms. The molecular formula is C16H21FN2O. The fraction of sp³-hybridized carbons (Fsp3) is 0.562. The zero-order chi connectivity index (χ0) is 13.9. The number of rotatable bonds is 4. The summed E-state index contributed by atoms with van der Waals surface area (Å²) in [5, 5.41) is 3.09. The van der Waals surface area contributed by atoms with Crippen LogP contribution in [0.1, 0.15) is 31.2 Å². The van der Waals surface area contributed by atoms with Crippen LogP contribution in [-0.2, 0) is 11.3 Å². The van der Waals surface area contributed by atoms with E-state index in [1.165, 1.54) is 6.07 Å². The molecule has 0 atom stereocenters. The quantitative estimate of drug-likeness (QED) is 0.915. The minimum absolute atomic E-state index is 0.166. The topological polar surface area (TPSA) is 32.3 Å². The van der Waals surface area contributed by atoms with Crippen molar-refractivity contribution in [2.24, 2.45) is 5.92 Å². The maximum Gasteiger partial charge on any atom is 0.223 e. The number of nitrogens with one attached hydrogen (secondary N) is 1. The van der Waals surface area contributed by atoms with E-state index in [1.807, 2.05) is 6.07 Å².